The third-order valence-electron chi connectivity index (χ3n) is 6.47. The van der Waals surface area contributed by atoms with E-state index >= 15 is 0 Å². The fourth-order valence-electron chi connectivity index (χ4n) is 4.31. The summed E-state index contributed by atoms with van der Waals surface area (Å²) in [6.45, 7) is 0. The molecule has 0 saturated heterocycles. The summed E-state index contributed by atoms with van der Waals surface area (Å²) in [5.74, 6) is 0. The van der Waals surface area contributed by atoms with Crippen LogP contribution < -0.4 is 0 Å². The van der Waals surface area contributed by atoms with Crippen molar-refractivity contribution in [1.82, 2.24) is 19.9 Å². The smallest absolute Gasteiger partial charge is 0.0659 e. The van der Waals surface area contributed by atoms with Gasteiger partial charge in [-0.2, -0.15) is 146 Å². The van der Waals surface area contributed by atoms with Crippen LogP contribution in [0.3, 0.4) is 0 Å². The van der Waals surface area contributed by atoms with Crippen molar-refractivity contribution in [2.24, 2.45) is 0 Å². The molecule has 2 N–H and O–H groups in total. The van der Waals surface area contributed by atoms with Crippen LogP contribution in [0.2, 0.25) is 0 Å². The maximum absolute atomic E-state index is 4.62. The van der Waals surface area contributed by atoms with Gasteiger partial charge in [0.05, 0.1) is 22.8 Å². The number of benzene rings is 4. The fraction of sp³-hybridized carbons (Fsp3) is 0. The molecule has 6 heteroatoms. The second-order valence-electron chi connectivity index (χ2n) is 10.2. The number of hydrogen-bond donors (Lipinski definition) is 2. The molecule has 5 heterocycles. The first-order chi connectivity index (χ1) is 23.8. The number of rotatable bonds is 0. The normalized spacial score (nSPS) is 9.92. The van der Waals surface area contributed by atoms with E-state index in [2.05, 4.69) is 74.5 Å². The summed E-state index contributed by atoms with van der Waals surface area (Å²) >= 11 is 0. The molecule has 1 radical (unpaired) electrons. The SMILES string of the molecule is C1=Cc2cc3ccc(cc4ccc(cc5nc(cc1n2)C=C5)[nH]4)[nH]3.Cl.[Rh].[c-]1ccccc1.[c-]1ccccc1.[c-]1ccccc1.[c-]1ccccc1. The van der Waals surface area contributed by atoms with Gasteiger partial charge in [-0.15, -0.1) is 12.4 Å². The summed E-state index contributed by atoms with van der Waals surface area (Å²) in [4.78, 5) is 16.0. The van der Waals surface area contributed by atoms with Gasteiger partial charge >= 0.3 is 0 Å². The molecule has 0 spiro atoms. The third kappa shape index (κ3) is 14.7. The predicted molar refractivity (Wildman–Crippen MR) is 207 cm³/mol. The van der Waals surface area contributed by atoms with Crippen LogP contribution in [0.25, 0.3) is 46.4 Å². The van der Waals surface area contributed by atoms with Gasteiger partial charge in [0.2, 0.25) is 0 Å². The summed E-state index contributed by atoms with van der Waals surface area (Å²) in [7, 11) is 0. The Morgan fingerprint density at radius 2 is 0.600 bits per heavy atom. The van der Waals surface area contributed by atoms with E-state index in [-0.39, 0.29) is 31.9 Å². The maximum Gasteiger partial charge on any atom is 0.0659 e. The molecule has 7 aromatic rings. The molecule has 0 unspecified atom stereocenters. The van der Waals surface area contributed by atoms with Gasteiger partial charge in [0.15, 0.2) is 0 Å². The summed E-state index contributed by atoms with van der Waals surface area (Å²) < 4.78 is 0. The first-order valence-corrected chi connectivity index (χ1v) is 15.5. The molecule has 2 aliphatic heterocycles. The largest absolute Gasteiger partial charge is 0.355 e. The third-order valence-corrected chi connectivity index (χ3v) is 6.47. The van der Waals surface area contributed by atoms with Gasteiger partial charge in [-0.1, -0.05) is 0 Å². The molecule has 4 nitrogen and oxygen atoms in total. The summed E-state index contributed by atoms with van der Waals surface area (Å²) in [5.41, 5.74) is 7.86. The Balaban J connectivity index is 0.000000211. The average molecular weight is 758 g/mol. The van der Waals surface area contributed by atoms with Crippen LogP contribution in [-0.2, 0) is 19.5 Å². The second kappa shape index (κ2) is 22.9. The van der Waals surface area contributed by atoms with Crippen LogP contribution in [0.1, 0.15) is 22.8 Å². The van der Waals surface area contributed by atoms with Crippen LogP contribution in [0.4, 0.5) is 0 Å². The minimum Gasteiger partial charge on any atom is -0.355 e. The monoisotopic (exact) mass is 757 g/mol. The molecule has 0 atom stereocenters. The van der Waals surface area contributed by atoms with Crippen molar-refractivity contribution < 1.29 is 19.5 Å². The quantitative estimate of drug-likeness (QED) is 0.120. The molecule has 8 bridgehead atoms. The standard InChI is InChI=1S/C20H14N4.4C6H5.ClH.Rh/c1-2-14-10-16-5-6-18(23-16)12-20-8-7-19(24-20)11-17-4-3-15(22-17)9-13(1)21-14;4*1-2-4-6-5-3-1;;/h1-12,21-22H;4*1-5H;1H;/q;4*-1;;. The summed E-state index contributed by atoms with van der Waals surface area (Å²) in [5, 5.41) is 0. The van der Waals surface area contributed by atoms with Crippen LogP contribution in [0.15, 0.2) is 170 Å². The molecule has 251 valence electrons. The molecule has 0 fully saturated rings. The van der Waals surface area contributed by atoms with Gasteiger partial charge in [0.25, 0.3) is 0 Å². The first-order valence-electron chi connectivity index (χ1n) is 15.5. The van der Waals surface area contributed by atoms with Crippen molar-refractivity contribution in [3.8, 4) is 0 Å². The van der Waals surface area contributed by atoms with E-state index in [1.165, 1.54) is 0 Å². The predicted octanol–water partition coefficient (Wildman–Crippen LogP) is 11.0. The van der Waals surface area contributed by atoms with Crippen molar-refractivity contribution >= 4 is 58.8 Å². The molecule has 0 saturated carbocycles. The summed E-state index contributed by atoms with van der Waals surface area (Å²) in [6.07, 6.45) is 8.05. The van der Waals surface area contributed by atoms with Crippen molar-refractivity contribution in [2.75, 3.05) is 0 Å². The van der Waals surface area contributed by atoms with Crippen molar-refractivity contribution in [3.05, 3.63) is 217 Å². The van der Waals surface area contributed by atoms with E-state index in [9.17, 15) is 0 Å². The van der Waals surface area contributed by atoms with Gasteiger partial charge in [0.1, 0.15) is 0 Å². The Hall–Kier alpha value is -5.61. The van der Waals surface area contributed by atoms with Crippen LogP contribution >= 0.6 is 12.4 Å². The Labute approximate surface area is 313 Å². The van der Waals surface area contributed by atoms with E-state index in [4.69, 9.17) is 0 Å². The van der Waals surface area contributed by atoms with E-state index in [0.717, 1.165) is 44.8 Å². The number of nitrogens with zero attached hydrogens (tertiary/aromatic N) is 2. The second-order valence-corrected chi connectivity index (χ2v) is 10.2. The molecule has 9 rings (SSSR count). The molecular formula is C44H35ClN4Rh-4. The number of nitrogens with one attached hydrogen (secondary N) is 2. The Morgan fingerprint density at radius 1 is 0.340 bits per heavy atom. The van der Waals surface area contributed by atoms with Gasteiger partial charge in [-0.3, -0.25) is 0 Å². The molecule has 0 amide bonds. The van der Waals surface area contributed by atoms with Crippen molar-refractivity contribution in [2.45, 2.75) is 0 Å². The maximum atomic E-state index is 4.62. The van der Waals surface area contributed by atoms with Crippen molar-refractivity contribution in [3.63, 3.8) is 0 Å². The van der Waals surface area contributed by atoms with Gasteiger partial charge < -0.3 is 9.97 Å². The number of fused-ring (bicyclic) bond motifs is 8. The number of aromatic nitrogens is 4. The number of halogens is 1. The van der Waals surface area contributed by atoms with Crippen LogP contribution in [-0.4, -0.2) is 19.9 Å². The zero-order valence-electron chi connectivity index (χ0n) is 27.1. The number of H-pyrrole nitrogens is 2. The number of aromatic amines is 2. The Morgan fingerprint density at radius 3 is 0.840 bits per heavy atom. The minimum atomic E-state index is 0. The zero-order chi connectivity index (χ0) is 32.9. The van der Waals surface area contributed by atoms with E-state index in [1.54, 1.807) is 0 Å². The Kier molecular flexibility index (Phi) is 17.8. The molecule has 50 heavy (non-hydrogen) atoms. The fourth-order valence-corrected chi connectivity index (χ4v) is 4.31. The average Bonchev–Trinajstić information content (AvgIpc) is 4.00. The van der Waals surface area contributed by atoms with Crippen LogP contribution in [0.5, 0.6) is 0 Å². The first kappa shape index (κ1) is 38.8. The van der Waals surface area contributed by atoms with Gasteiger partial charge in [-0.25, -0.2) is 9.97 Å². The molecule has 2 aliphatic rings. The van der Waals surface area contributed by atoms with Gasteiger partial charge in [0, 0.05) is 41.5 Å². The minimum absolute atomic E-state index is 0. The Bertz CT molecular complexity index is 1810. The molecular weight excluding hydrogens is 723 g/mol. The van der Waals surface area contributed by atoms with E-state index in [0.29, 0.717) is 0 Å². The zero-order valence-corrected chi connectivity index (χ0v) is 29.6. The number of hydrogen-bond acceptors (Lipinski definition) is 2. The molecule has 3 aromatic heterocycles. The molecule has 4 aromatic carbocycles. The van der Waals surface area contributed by atoms with Crippen LogP contribution in [0, 0.1) is 24.3 Å². The van der Waals surface area contributed by atoms with Gasteiger partial charge in [-0.05, 0) is 72.8 Å². The van der Waals surface area contributed by atoms with E-state index < -0.39 is 0 Å². The van der Waals surface area contributed by atoms with Crippen molar-refractivity contribution in [1.29, 1.82) is 0 Å². The molecule has 0 aliphatic carbocycles. The summed E-state index contributed by atoms with van der Waals surface area (Å²) in [6, 6.07) is 66.4. The van der Waals surface area contributed by atoms with E-state index in [1.807, 2.05) is 164 Å². The topological polar surface area (TPSA) is 57.4 Å².